The summed E-state index contributed by atoms with van der Waals surface area (Å²) in [4.78, 5) is 43.1. The number of anilines is 1. The van der Waals surface area contributed by atoms with Crippen molar-refractivity contribution in [2.24, 2.45) is 0 Å². The maximum Gasteiger partial charge on any atom is 0.433 e. The Morgan fingerprint density at radius 1 is 1.15 bits per heavy atom. The largest absolute Gasteiger partial charge is 0.433 e. The number of nitrogens with zero attached hydrogens (tertiary/aromatic N) is 1. The molecule has 0 saturated heterocycles. The molecule has 40 heavy (non-hydrogen) atoms. The second-order valence-electron chi connectivity index (χ2n) is 8.06. The molecule has 1 aliphatic heterocycles. The normalized spacial score (nSPS) is 15.0. The van der Waals surface area contributed by atoms with E-state index in [-0.39, 0.29) is 17.6 Å². The lowest BCUT2D eigenvalue weighted by atomic mass is 9.98. The highest BCUT2D eigenvalue weighted by Gasteiger charge is 2.34. The summed E-state index contributed by atoms with van der Waals surface area (Å²) in [5.74, 6) is -2.57. The van der Waals surface area contributed by atoms with Crippen molar-refractivity contribution >= 4 is 46.8 Å². The SMILES string of the molecule is CSC1=C(C(=O)Nc2ccc(F)cc2)C(=O)NC(c2ccc(C(F)(F)F)nc2)C1.O=C(OO)c1cccc(Cl)c1. The van der Waals surface area contributed by atoms with Gasteiger partial charge < -0.3 is 10.6 Å². The Balaban J connectivity index is 0.000000336. The monoisotopic (exact) mass is 597 g/mol. The number of carbonyl (C=O) groups is 3. The van der Waals surface area contributed by atoms with E-state index < -0.39 is 41.5 Å². The van der Waals surface area contributed by atoms with Crippen molar-refractivity contribution in [2.75, 3.05) is 11.6 Å². The quantitative estimate of drug-likeness (QED) is 0.142. The second kappa shape index (κ2) is 13.4. The highest BCUT2D eigenvalue weighted by atomic mass is 35.5. The van der Waals surface area contributed by atoms with Gasteiger partial charge in [0.15, 0.2) is 0 Å². The molecule has 0 aliphatic carbocycles. The number of aromatic nitrogens is 1. The molecule has 14 heteroatoms. The standard InChI is InChI=1S/C19H15F4N3O2S.C7H5ClO3/c1-29-14-8-13(10-2-7-15(24-9-10)19(21,22)23)26-18(28)16(14)17(27)25-12-5-3-11(20)4-6-12;8-6-3-1-2-5(4-6)7(9)11-10/h2-7,9,13H,8H2,1H3,(H,25,27)(H,26,28);1-4,10H. The van der Waals surface area contributed by atoms with Gasteiger partial charge in [-0.1, -0.05) is 23.7 Å². The number of carbonyl (C=O) groups excluding carboxylic acids is 3. The van der Waals surface area contributed by atoms with Gasteiger partial charge in [0, 0.05) is 28.2 Å². The lowest BCUT2D eigenvalue weighted by Crippen LogP contribution is -2.38. The predicted octanol–water partition coefficient (Wildman–Crippen LogP) is 6.03. The predicted molar refractivity (Wildman–Crippen MR) is 140 cm³/mol. The molecule has 3 N–H and O–H groups in total. The first-order valence-corrected chi connectivity index (χ1v) is 12.8. The van der Waals surface area contributed by atoms with Crippen LogP contribution in [0.15, 0.2) is 77.3 Å². The van der Waals surface area contributed by atoms with Crippen molar-refractivity contribution < 1.29 is 42.1 Å². The topological polar surface area (TPSA) is 118 Å². The lowest BCUT2D eigenvalue weighted by Gasteiger charge is -2.27. The number of pyridine rings is 1. The molecule has 1 aromatic heterocycles. The summed E-state index contributed by atoms with van der Waals surface area (Å²) in [6, 6.07) is 12.7. The summed E-state index contributed by atoms with van der Waals surface area (Å²) in [5, 5.41) is 13.6. The van der Waals surface area contributed by atoms with Gasteiger partial charge in [0.2, 0.25) is 0 Å². The van der Waals surface area contributed by atoms with Gasteiger partial charge >= 0.3 is 12.1 Å². The first-order valence-electron chi connectivity index (χ1n) is 11.2. The van der Waals surface area contributed by atoms with Crippen LogP contribution in [0.2, 0.25) is 5.02 Å². The first kappa shape index (κ1) is 30.6. The lowest BCUT2D eigenvalue weighted by molar-refractivity contribution is -0.182. The van der Waals surface area contributed by atoms with Crippen molar-refractivity contribution in [1.29, 1.82) is 0 Å². The molecule has 1 aliphatic rings. The Kier molecular flexibility index (Phi) is 10.3. The fraction of sp³-hybridized carbons (Fsp3) is 0.154. The van der Waals surface area contributed by atoms with Crippen LogP contribution in [0.3, 0.4) is 0 Å². The molecule has 1 unspecified atom stereocenters. The van der Waals surface area contributed by atoms with Crippen molar-refractivity contribution in [1.82, 2.24) is 10.3 Å². The molecule has 2 heterocycles. The molecule has 1 atom stereocenters. The molecule has 210 valence electrons. The minimum Gasteiger partial charge on any atom is -0.345 e. The molecule has 0 bridgehead atoms. The first-order chi connectivity index (χ1) is 18.9. The van der Waals surface area contributed by atoms with Crippen LogP contribution in [0.1, 0.15) is 34.1 Å². The van der Waals surface area contributed by atoms with Gasteiger partial charge in [-0.25, -0.2) is 9.18 Å². The Morgan fingerprint density at radius 2 is 1.85 bits per heavy atom. The van der Waals surface area contributed by atoms with E-state index in [0.29, 0.717) is 21.2 Å². The zero-order valence-corrected chi connectivity index (χ0v) is 22.0. The van der Waals surface area contributed by atoms with E-state index in [1.165, 1.54) is 54.2 Å². The summed E-state index contributed by atoms with van der Waals surface area (Å²) in [6.45, 7) is 0. The van der Waals surface area contributed by atoms with Crippen molar-refractivity contribution in [3.8, 4) is 0 Å². The molecule has 0 saturated carbocycles. The number of benzene rings is 2. The number of thioether (sulfide) groups is 1. The molecule has 2 amide bonds. The van der Waals surface area contributed by atoms with E-state index in [0.717, 1.165) is 12.3 Å². The zero-order valence-electron chi connectivity index (χ0n) is 20.5. The number of hydrogen-bond donors (Lipinski definition) is 3. The average Bonchev–Trinajstić information content (AvgIpc) is 2.93. The summed E-state index contributed by atoms with van der Waals surface area (Å²) in [7, 11) is 0. The van der Waals surface area contributed by atoms with Crippen LogP contribution in [0, 0.1) is 5.82 Å². The summed E-state index contributed by atoms with van der Waals surface area (Å²) in [5.41, 5.74) is -0.163. The maximum absolute atomic E-state index is 13.0. The average molecular weight is 598 g/mol. The Bertz CT molecular complexity index is 1420. The third kappa shape index (κ3) is 8.04. The maximum atomic E-state index is 13.0. The molecule has 0 radical (unpaired) electrons. The summed E-state index contributed by atoms with van der Waals surface area (Å²) in [6.07, 6.45) is -1.56. The van der Waals surface area contributed by atoms with Gasteiger partial charge in [-0.15, -0.1) is 11.8 Å². The highest BCUT2D eigenvalue weighted by Crippen LogP contribution is 2.35. The van der Waals surface area contributed by atoms with E-state index in [4.69, 9.17) is 16.9 Å². The number of halogens is 5. The number of amides is 2. The van der Waals surface area contributed by atoms with Crippen LogP contribution >= 0.6 is 23.4 Å². The third-order valence-corrected chi connectivity index (χ3v) is 6.50. The van der Waals surface area contributed by atoms with Crippen molar-refractivity contribution in [2.45, 2.75) is 18.6 Å². The van der Waals surface area contributed by atoms with Crippen LogP contribution in [-0.2, 0) is 20.7 Å². The summed E-state index contributed by atoms with van der Waals surface area (Å²) < 4.78 is 51.0. The van der Waals surface area contributed by atoms with Gasteiger partial charge in [-0.05, 0) is 60.4 Å². The molecule has 0 fully saturated rings. The Labute approximate surface area is 234 Å². The van der Waals surface area contributed by atoms with E-state index >= 15 is 0 Å². The fourth-order valence-electron chi connectivity index (χ4n) is 3.49. The Morgan fingerprint density at radius 3 is 2.40 bits per heavy atom. The van der Waals surface area contributed by atoms with E-state index in [1.54, 1.807) is 18.4 Å². The number of nitrogens with one attached hydrogen (secondary N) is 2. The van der Waals surface area contributed by atoms with Crippen LogP contribution in [0.4, 0.5) is 23.2 Å². The van der Waals surface area contributed by atoms with Crippen LogP contribution < -0.4 is 10.6 Å². The minimum absolute atomic E-state index is 0.0852. The molecule has 4 rings (SSSR count). The van der Waals surface area contributed by atoms with Gasteiger partial charge in [0.05, 0.1) is 11.6 Å². The van der Waals surface area contributed by atoms with E-state index in [2.05, 4.69) is 20.5 Å². The fourth-order valence-corrected chi connectivity index (χ4v) is 4.40. The van der Waals surface area contributed by atoms with Crippen molar-refractivity contribution in [3.05, 3.63) is 105 Å². The Hall–Kier alpha value is -3.94. The van der Waals surface area contributed by atoms with Gasteiger partial charge in [0.1, 0.15) is 17.1 Å². The van der Waals surface area contributed by atoms with Crippen LogP contribution in [-0.4, -0.2) is 34.3 Å². The third-order valence-electron chi connectivity index (χ3n) is 5.40. The molecule has 3 aromatic rings. The molecule has 2 aromatic carbocycles. The molecule has 0 spiro atoms. The number of alkyl halides is 3. The number of hydrogen-bond acceptors (Lipinski definition) is 7. The van der Waals surface area contributed by atoms with Crippen molar-refractivity contribution in [3.63, 3.8) is 0 Å². The van der Waals surface area contributed by atoms with Crippen LogP contribution in [0.5, 0.6) is 0 Å². The number of rotatable bonds is 5. The summed E-state index contributed by atoms with van der Waals surface area (Å²) >= 11 is 6.76. The molecular formula is C26H20ClF4N3O5S. The van der Waals surface area contributed by atoms with Gasteiger partial charge in [-0.2, -0.15) is 18.4 Å². The second-order valence-corrected chi connectivity index (χ2v) is 9.39. The zero-order chi connectivity index (χ0) is 29.4. The van der Waals surface area contributed by atoms with E-state index in [9.17, 15) is 31.9 Å². The van der Waals surface area contributed by atoms with Crippen LogP contribution in [0.25, 0.3) is 0 Å². The molecular weight excluding hydrogens is 578 g/mol. The highest BCUT2D eigenvalue weighted by molar-refractivity contribution is 8.02. The van der Waals surface area contributed by atoms with Gasteiger partial charge in [0.25, 0.3) is 11.8 Å². The van der Waals surface area contributed by atoms with E-state index in [1.807, 2.05) is 0 Å². The molecule has 8 nitrogen and oxygen atoms in total. The smallest absolute Gasteiger partial charge is 0.345 e. The minimum atomic E-state index is -4.55. The van der Waals surface area contributed by atoms with Gasteiger partial charge in [-0.3, -0.25) is 19.5 Å².